The molecule has 0 bridgehead atoms. The third kappa shape index (κ3) is 7.05. The second-order valence-corrected chi connectivity index (χ2v) is 10.8. The van der Waals surface area contributed by atoms with E-state index in [1.54, 1.807) is 12.1 Å². The summed E-state index contributed by atoms with van der Waals surface area (Å²) in [4.78, 5) is 17.5. The van der Waals surface area contributed by atoms with Gasteiger partial charge in [0.05, 0.1) is 6.04 Å². The largest absolute Gasteiger partial charge is 0.341 e. The Morgan fingerprint density at radius 2 is 1.74 bits per heavy atom. The van der Waals surface area contributed by atoms with Gasteiger partial charge in [0, 0.05) is 24.7 Å². The van der Waals surface area contributed by atoms with E-state index in [2.05, 4.69) is 11.8 Å². The summed E-state index contributed by atoms with van der Waals surface area (Å²) in [5, 5.41) is 0.678. The van der Waals surface area contributed by atoms with Crippen LogP contribution in [0.2, 0.25) is 5.02 Å². The lowest BCUT2D eigenvalue weighted by Gasteiger charge is -2.35. The molecule has 4 nitrogen and oxygen atoms in total. The molecule has 2 saturated heterocycles. The number of piperidine rings is 1. The average Bonchev–Trinajstić information content (AvgIpc) is 3.38. The van der Waals surface area contributed by atoms with Crippen LogP contribution in [0.3, 0.4) is 0 Å². The molecule has 35 heavy (non-hydrogen) atoms. The molecule has 0 aromatic heterocycles. The highest BCUT2D eigenvalue weighted by atomic mass is 35.5. The standard InChI is InChI=1S/C29H39ClFN3O/c1-2-21(20-33-13-3-4-14-33)17-24-19-26(31)9-10-27(24)23-11-15-34(16-12-23)29(35)28(32)18-22-5-7-25(30)8-6-22/h5-10,19,21,23,28H,2-4,11-18,20,32H2,1H3/t21-,28+/m0/s1. The second-order valence-electron chi connectivity index (χ2n) is 10.4. The van der Waals surface area contributed by atoms with Crippen LogP contribution in [0.1, 0.15) is 61.6 Å². The molecular weight excluding hydrogens is 461 g/mol. The smallest absolute Gasteiger partial charge is 0.239 e. The van der Waals surface area contributed by atoms with Crippen LogP contribution in [0.4, 0.5) is 4.39 Å². The number of rotatable bonds is 9. The number of carbonyl (C=O) groups excluding carboxylic acids is 1. The number of amides is 1. The van der Waals surface area contributed by atoms with Gasteiger partial charge in [0.15, 0.2) is 0 Å². The van der Waals surface area contributed by atoms with Crippen molar-refractivity contribution in [3.05, 3.63) is 70.0 Å². The Bertz CT molecular complexity index is 968. The molecule has 0 aliphatic carbocycles. The lowest BCUT2D eigenvalue weighted by atomic mass is 9.83. The van der Waals surface area contributed by atoms with Gasteiger partial charge in [-0.1, -0.05) is 43.1 Å². The zero-order valence-corrected chi connectivity index (χ0v) is 21.7. The molecule has 2 N–H and O–H groups in total. The summed E-state index contributed by atoms with van der Waals surface area (Å²) >= 11 is 5.96. The molecule has 6 heteroatoms. The number of hydrogen-bond donors (Lipinski definition) is 1. The van der Waals surface area contributed by atoms with Crippen LogP contribution >= 0.6 is 11.6 Å². The molecule has 2 fully saturated rings. The Kier molecular flexibility index (Phi) is 9.21. The maximum Gasteiger partial charge on any atom is 0.239 e. The molecule has 2 aromatic rings. The van der Waals surface area contributed by atoms with Crippen LogP contribution in [0.25, 0.3) is 0 Å². The maximum atomic E-state index is 14.2. The summed E-state index contributed by atoms with van der Waals surface area (Å²) in [6, 6.07) is 12.3. The van der Waals surface area contributed by atoms with Crippen LogP contribution in [0.5, 0.6) is 0 Å². The fourth-order valence-electron chi connectivity index (χ4n) is 5.74. The van der Waals surface area contributed by atoms with Gasteiger partial charge in [-0.3, -0.25) is 4.79 Å². The third-order valence-electron chi connectivity index (χ3n) is 7.84. The lowest BCUT2D eigenvalue weighted by Crippen LogP contribution is -2.47. The zero-order valence-electron chi connectivity index (χ0n) is 20.9. The highest BCUT2D eigenvalue weighted by Crippen LogP contribution is 2.33. The molecular formula is C29H39ClFN3O. The van der Waals surface area contributed by atoms with Gasteiger partial charge in [-0.15, -0.1) is 0 Å². The summed E-state index contributed by atoms with van der Waals surface area (Å²) in [7, 11) is 0. The van der Waals surface area contributed by atoms with E-state index in [1.807, 2.05) is 35.2 Å². The van der Waals surface area contributed by atoms with Crippen molar-refractivity contribution in [2.24, 2.45) is 11.7 Å². The summed E-state index contributed by atoms with van der Waals surface area (Å²) in [6.07, 6.45) is 6.90. The minimum atomic E-state index is -0.551. The number of benzene rings is 2. The maximum absolute atomic E-state index is 14.2. The Hall–Kier alpha value is -1.95. The summed E-state index contributed by atoms with van der Waals surface area (Å²) in [6.45, 7) is 7.12. The molecule has 0 radical (unpaired) electrons. The highest BCUT2D eigenvalue weighted by molar-refractivity contribution is 6.30. The molecule has 1 amide bonds. The number of nitrogens with two attached hydrogens (primary N) is 1. The van der Waals surface area contributed by atoms with Crippen LogP contribution in [-0.4, -0.2) is 54.5 Å². The molecule has 4 rings (SSSR count). The normalized spacial score (nSPS) is 19.1. The van der Waals surface area contributed by atoms with Crippen LogP contribution < -0.4 is 5.73 Å². The van der Waals surface area contributed by atoms with Gasteiger partial charge in [-0.05, 0) is 104 Å². The van der Waals surface area contributed by atoms with Gasteiger partial charge in [-0.25, -0.2) is 4.39 Å². The van der Waals surface area contributed by atoms with Crippen molar-refractivity contribution in [3.8, 4) is 0 Å². The predicted octanol–water partition coefficient (Wildman–Crippen LogP) is 5.42. The van der Waals surface area contributed by atoms with E-state index in [9.17, 15) is 9.18 Å². The van der Waals surface area contributed by atoms with E-state index in [4.69, 9.17) is 17.3 Å². The number of nitrogens with zero attached hydrogens (tertiary/aromatic N) is 2. The Morgan fingerprint density at radius 1 is 1.06 bits per heavy atom. The summed E-state index contributed by atoms with van der Waals surface area (Å²) in [5.41, 5.74) is 9.71. The van der Waals surface area contributed by atoms with Crippen molar-refractivity contribution in [3.63, 3.8) is 0 Å². The van der Waals surface area contributed by atoms with Crippen LogP contribution in [0, 0.1) is 11.7 Å². The van der Waals surface area contributed by atoms with Gasteiger partial charge in [-0.2, -0.15) is 0 Å². The molecule has 190 valence electrons. The topological polar surface area (TPSA) is 49.6 Å². The molecule has 0 unspecified atom stereocenters. The van der Waals surface area contributed by atoms with Gasteiger partial charge in [0.1, 0.15) is 5.82 Å². The first-order valence-electron chi connectivity index (χ1n) is 13.2. The Balaban J connectivity index is 1.36. The molecule has 2 aromatic carbocycles. The minimum absolute atomic E-state index is 0.00869. The summed E-state index contributed by atoms with van der Waals surface area (Å²) in [5.74, 6) is 0.752. The van der Waals surface area contributed by atoms with E-state index in [-0.39, 0.29) is 11.7 Å². The van der Waals surface area contributed by atoms with Crippen molar-refractivity contribution in [1.29, 1.82) is 0 Å². The van der Waals surface area contributed by atoms with Crippen LogP contribution in [-0.2, 0) is 17.6 Å². The van der Waals surface area contributed by atoms with Gasteiger partial charge in [0.25, 0.3) is 0 Å². The Morgan fingerprint density at radius 3 is 2.40 bits per heavy atom. The van der Waals surface area contributed by atoms with Gasteiger partial charge in [0.2, 0.25) is 5.91 Å². The van der Waals surface area contributed by atoms with Crippen molar-refractivity contribution >= 4 is 17.5 Å². The van der Waals surface area contributed by atoms with Crippen molar-refractivity contribution in [2.45, 2.75) is 63.8 Å². The molecule has 2 atom stereocenters. The van der Waals surface area contributed by atoms with E-state index in [0.29, 0.717) is 36.4 Å². The first-order chi connectivity index (χ1) is 16.9. The Labute approximate surface area is 214 Å². The van der Waals surface area contributed by atoms with Crippen molar-refractivity contribution in [2.75, 3.05) is 32.7 Å². The molecule has 0 saturated carbocycles. The quantitative estimate of drug-likeness (QED) is 0.501. The lowest BCUT2D eigenvalue weighted by molar-refractivity contribution is -0.133. The summed E-state index contributed by atoms with van der Waals surface area (Å²) < 4.78 is 14.2. The van der Waals surface area contributed by atoms with E-state index in [0.717, 1.165) is 43.4 Å². The first-order valence-corrected chi connectivity index (χ1v) is 13.6. The van der Waals surface area contributed by atoms with Gasteiger partial charge >= 0.3 is 0 Å². The third-order valence-corrected chi connectivity index (χ3v) is 8.09. The van der Waals surface area contributed by atoms with E-state index >= 15 is 0 Å². The first kappa shape index (κ1) is 26.1. The predicted molar refractivity (Wildman–Crippen MR) is 141 cm³/mol. The monoisotopic (exact) mass is 499 g/mol. The van der Waals surface area contributed by atoms with E-state index in [1.165, 1.54) is 31.5 Å². The number of likely N-dealkylation sites (tertiary alicyclic amines) is 2. The SMILES string of the molecule is CC[C@@H](Cc1cc(F)ccc1C1CCN(C(=O)[C@H](N)Cc2ccc(Cl)cc2)CC1)CN1CCCC1. The molecule has 0 spiro atoms. The van der Waals surface area contributed by atoms with Gasteiger partial charge < -0.3 is 15.5 Å². The number of carbonyl (C=O) groups is 1. The van der Waals surface area contributed by atoms with Crippen molar-refractivity contribution < 1.29 is 9.18 Å². The van der Waals surface area contributed by atoms with E-state index < -0.39 is 6.04 Å². The fourth-order valence-corrected chi connectivity index (χ4v) is 5.86. The number of hydrogen-bond acceptors (Lipinski definition) is 3. The molecule has 2 heterocycles. The molecule has 2 aliphatic rings. The zero-order chi connectivity index (χ0) is 24.8. The molecule has 2 aliphatic heterocycles. The second kappa shape index (κ2) is 12.3. The van der Waals surface area contributed by atoms with Crippen LogP contribution in [0.15, 0.2) is 42.5 Å². The average molecular weight is 500 g/mol. The van der Waals surface area contributed by atoms with Crippen molar-refractivity contribution in [1.82, 2.24) is 9.80 Å². The minimum Gasteiger partial charge on any atom is -0.341 e. The fraction of sp³-hybridized carbons (Fsp3) is 0.552. The highest BCUT2D eigenvalue weighted by Gasteiger charge is 2.29. The number of halogens is 2.